The van der Waals surface area contributed by atoms with Crippen LogP contribution >= 0.6 is 11.5 Å². The summed E-state index contributed by atoms with van der Waals surface area (Å²) in [6.45, 7) is 1.82. The van der Waals surface area contributed by atoms with Crippen molar-refractivity contribution in [1.82, 2.24) is 9.36 Å². The first-order chi connectivity index (χ1) is 3.83. The molecule has 40 valence electrons. The summed E-state index contributed by atoms with van der Waals surface area (Å²) in [5.74, 6) is 3.15. The van der Waals surface area contributed by atoms with Gasteiger partial charge in [-0.1, -0.05) is 0 Å². The van der Waals surface area contributed by atoms with E-state index in [-0.39, 0.29) is 0 Å². The van der Waals surface area contributed by atoms with Gasteiger partial charge in [0, 0.05) is 0 Å². The molecule has 1 aromatic rings. The molecule has 0 N–H and O–H groups in total. The molecule has 0 aromatic carbocycles. The third-order valence-corrected chi connectivity index (χ3v) is 1.39. The van der Waals surface area contributed by atoms with E-state index in [1.54, 1.807) is 0 Å². The smallest absolute Gasteiger partial charge is 0.186 e. The first-order valence-electron chi connectivity index (χ1n) is 2.10. The summed E-state index contributed by atoms with van der Waals surface area (Å²) in [5, 5.41) is 0.655. The molecule has 0 aliphatic heterocycles. The van der Waals surface area contributed by atoms with Crippen molar-refractivity contribution in [2.45, 2.75) is 6.92 Å². The van der Waals surface area contributed by atoms with Gasteiger partial charge >= 0.3 is 0 Å². The summed E-state index contributed by atoms with van der Waals surface area (Å²) in [6.07, 6.45) is 5.02. The Morgan fingerprint density at radius 2 is 2.50 bits per heavy atom. The predicted molar refractivity (Wildman–Crippen MR) is 32.6 cm³/mol. The lowest BCUT2D eigenvalue weighted by atomic mass is 10.7. The summed E-state index contributed by atoms with van der Waals surface area (Å²) in [7, 11) is 0. The van der Waals surface area contributed by atoms with E-state index < -0.39 is 0 Å². The van der Waals surface area contributed by atoms with Gasteiger partial charge in [-0.2, -0.15) is 4.37 Å². The van der Waals surface area contributed by atoms with Crippen LogP contribution in [0, 0.1) is 19.3 Å². The Morgan fingerprint density at radius 3 is 2.75 bits per heavy atom. The normalized spacial score (nSPS) is 8.50. The van der Waals surface area contributed by atoms with E-state index in [4.69, 9.17) is 6.42 Å². The number of aromatic nitrogens is 2. The Balaban J connectivity index is 3.05. The fourth-order valence-electron chi connectivity index (χ4n) is 0.356. The quantitative estimate of drug-likeness (QED) is 0.479. The van der Waals surface area contributed by atoms with Crippen LogP contribution in [0.1, 0.15) is 10.8 Å². The molecule has 0 bridgehead atoms. The lowest BCUT2D eigenvalue weighted by Crippen LogP contribution is -1.71. The topological polar surface area (TPSA) is 25.8 Å². The van der Waals surface area contributed by atoms with Crippen molar-refractivity contribution in [2.24, 2.45) is 0 Å². The zero-order valence-corrected chi connectivity index (χ0v) is 5.20. The molecule has 1 rings (SSSR count). The van der Waals surface area contributed by atoms with E-state index in [9.17, 15) is 0 Å². The third-order valence-electron chi connectivity index (χ3n) is 0.651. The minimum Gasteiger partial charge on any atom is -0.211 e. The van der Waals surface area contributed by atoms with Gasteiger partial charge in [-0.15, -0.1) is 6.42 Å². The van der Waals surface area contributed by atoms with Gasteiger partial charge in [-0.05, 0) is 24.4 Å². The van der Waals surface area contributed by atoms with Gasteiger partial charge in [0.05, 0.1) is 0 Å². The number of hydrogen-bond acceptors (Lipinski definition) is 3. The molecule has 0 aliphatic rings. The van der Waals surface area contributed by atoms with Crippen molar-refractivity contribution in [2.75, 3.05) is 0 Å². The molecular formula is C5H4N2S. The second kappa shape index (κ2) is 1.93. The van der Waals surface area contributed by atoms with Gasteiger partial charge in [-0.25, -0.2) is 4.98 Å². The van der Waals surface area contributed by atoms with Gasteiger partial charge in [0.2, 0.25) is 0 Å². The van der Waals surface area contributed by atoms with Gasteiger partial charge in [-0.3, -0.25) is 0 Å². The summed E-state index contributed by atoms with van der Waals surface area (Å²) in [6, 6.07) is 0. The van der Waals surface area contributed by atoms with Crippen LogP contribution < -0.4 is 0 Å². The van der Waals surface area contributed by atoms with E-state index >= 15 is 0 Å². The van der Waals surface area contributed by atoms with Crippen molar-refractivity contribution < 1.29 is 0 Å². The average molecular weight is 124 g/mol. The van der Waals surface area contributed by atoms with Crippen LogP contribution in [0.15, 0.2) is 0 Å². The molecule has 0 spiro atoms. The van der Waals surface area contributed by atoms with Gasteiger partial charge in [0.15, 0.2) is 5.01 Å². The lowest BCUT2D eigenvalue weighted by molar-refractivity contribution is 1.16. The zero-order chi connectivity index (χ0) is 5.98. The highest BCUT2D eigenvalue weighted by molar-refractivity contribution is 7.06. The Bertz CT molecular complexity index is 221. The molecule has 1 heterocycles. The van der Waals surface area contributed by atoms with Crippen LogP contribution in [0.4, 0.5) is 0 Å². The summed E-state index contributed by atoms with van der Waals surface area (Å²) < 4.78 is 3.88. The fourth-order valence-corrected chi connectivity index (χ4v) is 0.841. The molecule has 0 aliphatic carbocycles. The van der Waals surface area contributed by atoms with Crippen LogP contribution in [0.2, 0.25) is 0 Å². The van der Waals surface area contributed by atoms with Crippen LogP contribution in [0.3, 0.4) is 0 Å². The monoisotopic (exact) mass is 124 g/mol. The van der Waals surface area contributed by atoms with Crippen molar-refractivity contribution in [3.63, 3.8) is 0 Å². The number of aryl methyl sites for hydroxylation is 1. The van der Waals surface area contributed by atoms with Gasteiger partial charge < -0.3 is 0 Å². The maximum absolute atomic E-state index is 5.02. The Hall–Kier alpha value is -0.880. The molecule has 2 nitrogen and oxygen atoms in total. The molecule has 8 heavy (non-hydrogen) atoms. The number of hydrogen-bond donors (Lipinski definition) is 0. The lowest BCUT2D eigenvalue weighted by Gasteiger charge is -1.67. The van der Waals surface area contributed by atoms with Crippen molar-refractivity contribution in [3.05, 3.63) is 10.8 Å². The molecule has 1 aromatic heterocycles. The fraction of sp³-hybridized carbons (Fsp3) is 0.200. The maximum atomic E-state index is 5.02. The number of rotatable bonds is 0. The highest BCUT2D eigenvalue weighted by Crippen LogP contribution is 1.99. The largest absolute Gasteiger partial charge is 0.211 e. The SMILES string of the molecule is C#Cc1nc(C)ns1. The van der Waals surface area contributed by atoms with Crippen LogP contribution in [-0.2, 0) is 0 Å². The number of terminal acetylenes is 1. The Labute approximate surface area is 51.7 Å². The number of nitrogens with zero attached hydrogens (tertiary/aromatic N) is 2. The van der Waals surface area contributed by atoms with E-state index in [1.165, 1.54) is 11.5 Å². The Kier molecular flexibility index (Phi) is 1.27. The molecule has 0 saturated heterocycles. The summed E-state index contributed by atoms with van der Waals surface area (Å²) in [4.78, 5) is 3.90. The minimum atomic E-state index is 0.655. The van der Waals surface area contributed by atoms with Crippen LogP contribution in [0.5, 0.6) is 0 Å². The first-order valence-corrected chi connectivity index (χ1v) is 2.87. The maximum Gasteiger partial charge on any atom is 0.186 e. The summed E-state index contributed by atoms with van der Waals surface area (Å²) in [5.41, 5.74) is 0. The van der Waals surface area contributed by atoms with Crippen LogP contribution in [-0.4, -0.2) is 9.36 Å². The predicted octanol–water partition coefficient (Wildman–Crippen LogP) is 0.828. The molecule has 0 radical (unpaired) electrons. The van der Waals surface area contributed by atoms with Crippen molar-refractivity contribution in [3.8, 4) is 12.3 Å². The molecule has 0 amide bonds. The van der Waals surface area contributed by atoms with Gasteiger partial charge in [0.1, 0.15) is 5.82 Å². The third kappa shape index (κ3) is 0.849. The average Bonchev–Trinajstić information content (AvgIpc) is 2.14. The molecular weight excluding hydrogens is 120 g/mol. The van der Waals surface area contributed by atoms with Crippen molar-refractivity contribution in [1.29, 1.82) is 0 Å². The highest BCUT2D eigenvalue weighted by Gasteiger charge is 1.91. The summed E-state index contributed by atoms with van der Waals surface area (Å²) >= 11 is 1.25. The Morgan fingerprint density at radius 1 is 1.75 bits per heavy atom. The van der Waals surface area contributed by atoms with Gasteiger partial charge in [0.25, 0.3) is 0 Å². The zero-order valence-electron chi connectivity index (χ0n) is 4.38. The second-order valence-electron chi connectivity index (χ2n) is 1.29. The highest BCUT2D eigenvalue weighted by atomic mass is 32.1. The van der Waals surface area contributed by atoms with E-state index in [0.717, 1.165) is 5.82 Å². The van der Waals surface area contributed by atoms with Crippen molar-refractivity contribution >= 4 is 11.5 Å². The molecule has 0 saturated carbocycles. The minimum absolute atomic E-state index is 0.655. The standard InChI is InChI=1S/C5H4N2S/c1-3-5-6-4(2)7-8-5/h1H,2H3. The first kappa shape index (κ1) is 5.26. The van der Waals surface area contributed by atoms with E-state index in [2.05, 4.69) is 15.3 Å². The van der Waals surface area contributed by atoms with E-state index in [0.29, 0.717) is 5.01 Å². The molecule has 0 fully saturated rings. The van der Waals surface area contributed by atoms with E-state index in [1.807, 2.05) is 6.92 Å². The second-order valence-corrected chi connectivity index (χ2v) is 2.04. The molecule has 0 atom stereocenters. The molecule has 0 unspecified atom stereocenters. The van der Waals surface area contributed by atoms with Crippen LogP contribution in [0.25, 0.3) is 0 Å². The molecule has 3 heteroatoms.